The maximum atomic E-state index is 13.0. The number of hydrogen-bond donors (Lipinski definition) is 2. The zero-order valence-corrected chi connectivity index (χ0v) is 18.9. The molecule has 1 aliphatic rings. The van der Waals surface area contributed by atoms with Crippen LogP contribution in [0.4, 0.5) is 29.8 Å². The molecule has 0 saturated carbocycles. The number of anilines is 3. The third-order valence-corrected chi connectivity index (χ3v) is 5.98. The average Bonchev–Trinajstić information content (AvgIpc) is 3.29. The Morgan fingerprint density at radius 2 is 2.03 bits per heavy atom. The number of nitrogens with one attached hydrogen (secondary N) is 2. The molecule has 1 aromatic carbocycles. The molecule has 3 heterocycles. The standard InChI is InChI=1S/C23H22F3N5O2S/c1-2-21(32)28-17-5-3-4-16(12-17)18-10-15(14-31-6-8-33-9-7-31)11-20(29-18)30-22-27-13-19(34-22)23(24,25)26/h2-5,10-13H,1,6-9,14H2,(H,28,32)(H,27,29,30). The summed E-state index contributed by atoms with van der Waals surface area (Å²) in [6.45, 7) is 6.94. The molecule has 4 rings (SSSR count). The first-order chi connectivity index (χ1) is 16.3. The Kier molecular flexibility index (Phi) is 7.25. The first-order valence-corrected chi connectivity index (χ1v) is 11.3. The van der Waals surface area contributed by atoms with E-state index in [0.717, 1.165) is 30.4 Å². The van der Waals surface area contributed by atoms with Crippen molar-refractivity contribution in [3.8, 4) is 11.3 Å². The highest BCUT2D eigenvalue weighted by Gasteiger charge is 2.33. The third kappa shape index (κ3) is 6.19. The number of hydrogen-bond acceptors (Lipinski definition) is 7. The molecule has 0 unspecified atom stereocenters. The minimum absolute atomic E-state index is 0.0984. The van der Waals surface area contributed by atoms with Gasteiger partial charge < -0.3 is 15.4 Å². The lowest BCUT2D eigenvalue weighted by atomic mass is 10.1. The molecular weight excluding hydrogens is 467 g/mol. The molecule has 0 radical (unpaired) electrons. The van der Waals surface area contributed by atoms with Crippen molar-refractivity contribution in [2.75, 3.05) is 36.9 Å². The first-order valence-electron chi connectivity index (χ1n) is 10.4. The number of ether oxygens (including phenoxy) is 1. The molecule has 34 heavy (non-hydrogen) atoms. The van der Waals surface area contributed by atoms with Gasteiger partial charge in [0.2, 0.25) is 5.91 Å². The van der Waals surface area contributed by atoms with Crippen molar-refractivity contribution in [3.05, 3.63) is 65.7 Å². The number of alkyl halides is 3. The number of amides is 1. The molecule has 2 N–H and O–H groups in total. The van der Waals surface area contributed by atoms with Crippen LogP contribution in [0.2, 0.25) is 0 Å². The molecule has 7 nitrogen and oxygen atoms in total. The lowest BCUT2D eigenvalue weighted by molar-refractivity contribution is -0.134. The van der Waals surface area contributed by atoms with Gasteiger partial charge in [-0.3, -0.25) is 9.69 Å². The molecule has 11 heteroatoms. The smallest absolute Gasteiger partial charge is 0.379 e. The minimum atomic E-state index is -4.45. The van der Waals surface area contributed by atoms with Gasteiger partial charge in [0.1, 0.15) is 10.7 Å². The summed E-state index contributed by atoms with van der Waals surface area (Å²) in [5.41, 5.74) is 2.86. The highest BCUT2D eigenvalue weighted by Crippen LogP contribution is 2.36. The van der Waals surface area contributed by atoms with Gasteiger partial charge in [-0.05, 0) is 35.9 Å². The quantitative estimate of drug-likeness (QED) is 0.459. The van der Waals surface area contributed by atoms with Crippen LogP contribution in [0.3, 0.4) is 0 Å². The molecule has 0 atom stereocenters. The number of carbonyl (C=O) groups excluding carboxylic acids is 1. The zero-order chi connectivity index (χ0) is 24.1. The van der Waals surface area contributed by atoms with E-state index < -0.39 is 11.1 Å². The monoisotopic (exact) mass is 489 g/mol. The van der Waals surface area contributed by atoms with Crippen molar-refractivity contribution < 1.29 is 22.7 Å². The van der Waals surface area contributed by atoms with E-state index in [4.69, 9.17) is 4.74 Å². The second-order valence-corrected chi connectivity index (χ2v) is 8.59. The van der Waals surface area contributed by atoms with Crippen LogP contribution < -0.4 is 10.6 Å². The molecular formula is C23H22F3N5O2S. The second kappa shape index (κ2) is 10.3. The summed E-state index contributed by atoms with van der Waals surface area (Å²) in [5, 5.41) is 5.72. The van der Waals surface area contributed by atoms with Crippen LogP contribution in [0.5, 0.6) is 0 Å². The highest BCUT2D eigenvalue weighted by molar-refractivity contribution is 7.15. The van der Waals surface area contributed by atoms with Gasteiger partial charge in [-0.2, -0.15) is 13.2 Å². The number of pyridine rings is 1. The molecule has 1 aliphatic heterocycles. The maximum Gasteiger partial charge on any atom is 0.427 e. The Morgan fingerprint density at radius 3 is 2.74 bits per heavy atom. The molecule has 1 fully saturated rings. The van der Waals surface area contributed by atoms with Gasteiger partial charge in [0.05, 0.1) is 25.1 Å². The van der Waals surface area contributed by atoms with Crippen molar-refractivity contribution in [1.82, 2.24) is 14.9 Å². The van der Waals surface area contributed by atoms with Gasteiger partial charge in [0.25, 0.3) is 0 Å². The Balaban J connectivity index is 1.65. The zero-order valence-electron chi connectivity index (χ0n) is 18.1. The van der Waals surface area contributed by atoms with Crippen LogP contribution >= 0.6 is 11.3 Å². The molecule has 1 saturated heterocycles. The molecule has 0 aliphatic carbocycles. The topological polar surface area (TPSA) is 79.4 Å². The Bertz CT molecular complexity index is 1180. The maximum absolute atomic E-state index is 13.0. The molecule has 3 aromatic rings. The van der Waals surface area contributed by atoms with E-state index in [1.807, 2.05) is 12.1 Å². The third-order valence-electron chi connectivity index (χ3n) is 5.03. The van der Waals surface area contributed by atoms with Crippen molar-refractivity contribution in [2.24, 2.45) is 0 Å². The van der Waals surface area contributed by atoms with Crippen LogP contribution in [0.15, 0.2) is 55.3 Å². The number of aromatic nitrogens is 2. The van der Waals surface area contributed by atoms with Crippen molar-refractivity contribution >= 4 is 33.9 Å². The number of rotatable bonds is 7. The largest absolute Gasteiger partial charge is 0.427 e. The van der Waals surface area contributed by atoms with Gasteiger partial charge in [0.15, 0.2) is 5.13 Å². The number of thiazole rings is 1. The number of benzene rings is 1. The summed E-state index contributed by atoms with van der Waals surface area (Å²) in [6.07, 6.45) is -2.47. The molecule has 2 aromatic heterocycles. The fraction of sp³-hybridized carbons (Fsp3) is 0.261. The van der Waals surface area contributed by atoms with Gasteiger partial charge in [-0.15, -0.1) is 0 Å². The predicted octanol–water partition coefficient (Wildman–Crippen LogP) is 4.92. The molecule has 1 amide bonds. The van der Waals surface area contributed by atoms with E-state index in [-0.39, 0.29) is 11.0 Å². The summed E-state index contributed by atoms with van der Waals surface area (Å²) < 4.78 is 44.3. The lowest BCUT2D eigenvalue weighted by Gasteiger charge is -2.26. The van der Waals surface area contributed by atoms with Crippen molar-refractivity contribution in [2.45, 2.75) is 12.7 Å². The van der Waals surface area contributed by atoms with Crippen LogP contribution in [0.25, 0.3) is 11.3 Å². The second-order valence-electron chi connectivity index (χ2n) is 7.56. The van der Waals surface area contributed by atoms with Gasteiger partial charge >= 0.3 is 6.18 Å². The van der Waals surface area contributed by atoms with E-state index in [2.05, 4.69) is 32.1 Å². The lowest BCUT2D eigenvalue weighted by Crippen LogP contribution is -2.35. The number of carbonyl (C=O) groups is 1. The Labute approximate surface area is 198 Å². The highest BCUT2D eigenvalue weighted by atomic mass is 32.1. The predicted molar refractivity (Wildman–Crippen MR) is 125 cm³/mol. The molecule has 0 bridgehead atoms. The van der Waals surface area contributed by atoms with E-state index in [1.165, 1.54) is 6.08 Å². The van der Waals surface area contributed by atoms with Gasteiger partial charge in [-0.1, -0.05) is 30.0 Å². The average molecular weight is 490 g/mol. The molecule has 178 valence electrons. The van der Waals surface area contributed by atoms with Gasteiger partial charge in [-0.25, -0.2) is 9.97 Å². The number of nitrogens with zero attached hydrogens (tertiary/aromatic N) is 3. The fourth-order valence-electron chi connectivity index (χ4n) is 3.43. The number of morpholine rings is 1. The van der Waals surface area contributed by atoms with E-state index in [0.29, 0.717) is 48.3 Å². The summed E-state index contributed by atoms with van der Waals surface area (Å²) >= 11 is 0.519. The minimum Gasteiger partial charge on any atom is -0.379 e. The van der Waals surface area contributed by atoms with Gasteiger partial charge in [0, 0.05) is 30.9 Å². The first kappa shape index (κ1) is 23.9. The van der Waals surface area contributed by atoms with Crippen LogP contribution in [0, 0.1) is 0 Å². The Morgan fingerprint density at radius 1 is 1.24 bits per heavy atom. The summed E-state index contributed by atoms with van der Waals surface area (Å²) in [6, 6.07) is 10.9. The van der Waals surface area contributed by atoms with Crippen LogP contribution in [-0.2, 0) is 22.3 Å². The normalized spacial score (nSPS) is 14.6. The summed E-state index contributed by atoms with van der Waals surface area (Å²) in [5.74, 6) is 0.0436. The fourth-order valence-corrected chi connectivity index (χ4v) is 4.12. The van der Waals surface area contributed by atoms with E-state index in [1.54, 1.807) is 24.3 Å². The van der Waals surface area contributed by atoms with Crippen LogP contribution in [0.1, 0.15) is 10.4 Å². The summed E-state index contributed by atoms with van der Waals surface area (Å²) in [7, 11) is 0. The van der Waals surface area contributed by atoms with Crippen molar-refractivity contribution in [3.63, 3.8) is 0 Å². The number of halogens is 3. The SMILES string of the molecule is C=CC(=O)Nc1cccc(-c2cc(CN3CCOCC3)cc(Nc3ncc(C(F)(F)F)s3)n2)c1. The van der Waals surface area contributed by atoms with Crippen LogP contribution in [-0.4, -0.2) is 47.1 Å². The summed E-state index contributed by atoms with van der Waals surface area (Å²) in [4.78, 5) is 21.6. The van der Waals surface area contributed by atoms with E-state index in [9.17, 15) is 18.0 Å². The molecule has 0 spiro atoms. The van der Waals surface area contributed by atoms with E-state index >= 15 is 0 Å². The Hall–Kier alpha value is -3.28. The van der Waals surface area contributed by atoms with Crippen molar-refractivity contribution in [1.29, 1.82) is 0 Å².